The highest BCUT2D eigenvalue weighted by atomic mass is 35.5. The fourth-order valence-corrected chi connectivity index (χ4v) is 3.28. The van der Waals surface area contributed by atoms with Gasteiger partial charge in [-0.1, -0.05) is 40.9 Å². The summed E-state index contributed by atoms with van der Waals surface area (Å²) < 4.78 is 0.811. The maximum Gasteiger partial charge on any atom is 0.0931 e. The van der Waals surface area contributed by atoms with Gasteiger partial charge >= 0.3 is 0 Å². The van der Waals surface area contributed by atoms with Gasteiger partial charge in [-0.2, -0.15) is 0 Å². The van der Waals surface area contributed by atoms with Crippen LogP contribution in [0.2, 0.25) is 14.4 Å². The molecule has 0 fully saturated rings. The van der Waals surface area contributed by atoms with E-state index in [2.05, 4.69) is 19.2 Å². The molecule has 1 aromatic heterocycles. The average Bonchev–Trinajstić information content (AvgIpc) is 2.79. The fraction of sp³-hybridized carbons (Fsp3) is 0.286. The Kier molecular flexibility index (Phi) is 5.15. The Bertz CT molecular complexity index is 568. The van der Waals surface area contributed by atoms with Gasteiger partial charge in [0.2, 0.25) is 0 Å². The van der Waals surface area contributed by atoms with Gasteiger partial charge in [0.1, 0.15) is 0 Å². The third kappa shape index (κ3) is 3.87. The minimum atomic E-state index is 0.186. The summed E-state index contributed by atoms with van der Waals surface area (Å²) in [6, 6.07) is 10.1. The molecule has 2 rings (SSSR count). The van der Waals surface area contributed by atoms with Gasteiger partial charge in [-0.05, 0) is 43.7 Å². The van der Waals surface area contributed by atoms with E-state index in [4.69, 9.17) is 34.8 Å². The molecule has 2 atom stereocenters. The quantitative estimate of drug-likeness (QED) is 0.710. The van der Waals surface area contributed by atoms with Crippen molar-refractivity contribution in [2.45, 2.75) is 25.9 Å². The summed E-state index contributed by atoms with van der Waals surface area (Å²) in [5.41, 5.74) is 1.11. The van der Waals surface area contributed by atoms with E-state index < -0.39 is 0 Å². The summed E-state index contributed by atoms with van der Waals surface area (Å²) in [5.74, 6) is 0. The SMILES string of the molecule is CC(NC(C)c1ccc(Cl)s1)c1ccc(Cl)c(Cl)c1. The molecule has 0 spiro atoms. The lowest BCUT2D eigenvalue weighted by Crippen LogP contribution is -2.21. The van der Waals surface area contributed by atoms with E-state index in [0.29, 0.717) is 10.0 Å². The molecule has 2 unspecified atom stereocenters. The average molecular weight is 335 g/mol. The monoisotopic (exact) mass is 333 g/mol. The van der Waals surface area contributed by atoms with E-state index in [1.165, 1.54) is 4.88 Å². The van der Waals surface area contributed by atoms with Crippen molar-refractivity contribution in [3.05, 3.63) is 55.2 Å². The van der Waals surface area contributed by atoms with E-state index in [-0.39, 0.29) is 12.1 Å². The van der Waals surface area contributed by atoms with E-state index in [0.717, 1.165) is 9.90 Å². The van der Waals surface area contributed by atoms with Crippen molar-refractivity contribution in [1.29, 1.82) is 0 Å². The lowest BCUT2D eigenvalue weighted by Gasteiger charge is -2.20. The third-order valence-corrected chi connectivity index (χ3v) is 5.12. The van der Waals surface area contributed by atoms with Crippen LogP contribution in [-0.2, 0) is 0 Å². The second kappa shape index (κ2) is 6.47. The van der Waals surface area contributed by atoms with E-state index in [1.807, 2.05) is 30.3 Å². The van der Waals surface area contributed by atoms with Crippen LogP contribution in [0.3, 0.4) is 0 Å². The highest BCUT2D eigenvalue weighted by molar-refractivity contribution is 7.16. The van der Waals surface area contributed by atoms with Crippen molar-refractivity contribution in [3.8, 4) is 0 Å². The molecule has 5 heteroatoms. The number of benzene rings is 1. The molecular formula is C14H14Cl3NS. The molecule has 0 aliphatic heterocycles. The van der Waals surface area contributed by atoms with Gasteiger partial charge in [0.15, 0.2) is 0 Å². The number of hydrogen-bond donors (Lipinski definition) is 1. The molecular weight excluding hydrogens is 321 g/mol. The van der Waals surface area contributed by atoms with E-state index in [9.17, 15) is 0 Å². The lowest BCUT2D eigenvalue weighted by molar-refractivity contribution is 0.500. The second-order valence-electron chi connectivity index (χ2n) is 4.43. The Labute approximate surface area is 132 Å². The normalized spacial score (nSPS) is 14.4. The molecule has 1 heterocycles. The minimum absolute atomic E-state index is 0.186. The predicted molar refractivity (Wildman–Crippen MR) is 85.8 cm³/mol. The van der Waals surface area contributed by atoms with Crippen LogP contribution in [0.1, 0.15) is 36.4 Å². The second-order valence-corrected chi connectivity index (χ2v) is 6.99. The van der Waals surface area contributed by atoms with E-state index >= 15 is 0 Å². The molecule has 0 saturated carbocycles. The number of halogens is 3. The Morgan fingerprint density at radius 2 is 1.68 bits per heavy atom. The third-order valence-electron chi connectivity index (χ3n) is 2.96. The Morgan fingerprint density at radius 3 is 2.26 bits per heavy atom. The Balaban J connectivity index is 2.07. The van der Waals surface area contributed by atoms with Gasteiger partial charge in [-0.15, -0.1) is 11.3 Å². The van der Waals surface area contributed by atoms with Gasteiger partial charge in [0.25, 0.3) is 0 Å². The smallest absolute Gasteiger partial charge is 0.0931 e. The fourth-order valence-electron chi connectivity index (χ4n) is 1.90. The minimum Gasteiger partial charge on any atom is -0.303 e. The van der Waals surface area contributed by atoms with Crippen LogP contribution < -0.4 is 5.32 Å². The summed E-state index contributed by atoms with van der Waals surface area (Å²) in [7, 11) is 0. The molecule has 1 N–H and O–H groups in total. The summed E-state index contributed by atoms with van der Waals surface area (Å²) >= 11 is 19.5. The van der Waals surface area contributed by atoms with Gasteiger partial charge in [-0.25, -0.2) is 0 Å². The zero-order chi connectivity index (χ0) is 14.0. The van der Waals surface area contributed by atoms with E-state index in [1.54, 1.807) is 11.3 Å². The molecule has 0 radical (unpaired) electrons. The zero-order valence-corrected chi connectivity index (χ0v) is 13.7. The highest BCUT2D eigenvalue weighted by Gasteiger charge is 2.13. The van der Waals surface area contributed by atoms with Crippen LogP contribution in [0.25, 0.3) is 0 Å². The van der Waals surface area contributed by atoms with Crippen LogP contribution in [0, 0.1) is 0 Å². The van der Waals surface area contributed by atoms with Crippen molar-refractivity contribution >= 4 is 46.1 Å². The maximum atomic E-state index is 6.04. The first kappa shape index (κ1) is 15.1. The highest BCUT2D eigenvalue weighted by Crippen LogP contribution is 2.30. The molecule has 0 amide bonds. The number of thiophene rings is 1. The zero-order valence-electron chi connectivity index (χ0n) is 10.6. The van der Waals surface area contributed by atoms with Gasteiger partial charge in [0.05, 0.1) is 14.4 Å². The summed E-state index contributed by atoms with van der Waals surface area (Å²) in [5, 5.41) is 4.68. The van der Waals surface area contributed by atoms with Crippen LogP contribution in [-0.4, -0.2) is 0 Å². The molecule has 0 saturated heterocycles. The van der Waals surface area contributed by atoms with Crippen molar-refractivity contribution in [3.63, 3.8) is 0 Å². The van der Waals surface area contributed by atoms with Gasteiger partial charge in [-0.3, -0.25) is 0 Å². The Hall–Kier alpha value is -0.250. The summed E-state index contributed by atoms with van der Waals surface area (Å²) in [4.78, 5) is 1.22. The number of hydrogen-bond acceptors (Lipinski definition) is 2. The lowest BCUT2D eigenvalue weighted by atomic mass is 10.1. The van der Waals surface area contributed by atoms with Crippen LogP contribution in [0.4, 0.5) is 0 Å². The van der Waals surface area contributed by atoms with Gasteiger partial charge in [0, 0.05) is 17.0 Å². The predicted octanol–water partition coefficient (Wildman–Crippen LogP) is 6.12. The topological polar surface area (TPSA) is 12.0 Å². The molecule has 1 aromatic carbocycles. The first-order valence-electron chi connectivity index (χ1n) is 5.93. The van der Waals surface area contributed by atoms with Crippen LogP contribution in [0.15, 0.2) is 30.3 Å². The van der Waals surface area contributed by atoms with Crippen molar-refractivity contribution in [2.24, 2.45) is 0 Å². The van der Waals surface area contributed by atoms with Gasteiger partial charge < -0.3 is 5.32 Å². The molecule has 19 heavy (non-hydrogen) atoms. The molecule has 1 nitrogen and oxygen atoms in total. The largest absolute Gasteiger partial charge is 0.303 e. The maximum absolute atomic E-state index is 6.04. The van der Waals surface area contributed by atoms with Crippen molar-refractivity contribution < 1.29 is 0 Å². The standard InChI is InChI=1S/C14H14Cl3NS/c1-8(10-3-4-11(15)12(16)7-10)18-9(2)13-5-6-14(17)19-13/h3-9,18H,1-2H3. The van der Waals surface area contributed by atoms with Crippen molar-refractivity contribution in [2.75, 3.05) is 0 Å². The van der Waals surface area contributed by atoms with Crippen LogP contribution >= 0.6 is 46.1 Å². The molecule has 0 aliphatic carbocycles. The first-order chi connectivity index (χ1) is 8.97. The van der Waals surface area contributed by atoms with Crippen LogP contribution in [0.5, 0.6) is 0 Å². The van der Waals surface area contributed by atoms with Crippen molar-refractivity contribution in [1.82, 2.24) is 5.32 Å². The summed E-state index contributed by atoms with van der Waals surface area (Å²) in [6.07, 6.45) is 0. The molecule has 102 valence electrons. The Morgan fingerprint density at radius 1 is 0.947 bits per heavy atom. The number of nitrogens with one attached hydrogen (secondary N) is 1. The summed E-state index contributed by atoms with van der Waals surface area (Å²) in [6.45, 7) is 4.22. The molecule has 2 aromatic rings. The number of rotatable bonds is 4. The first-order valence-corrected chi connectivity index (χ1v) is 7.88. The molecule has 0 bridgehead atoms. The molecule has 0 aliphatic rings.